The molecule has 2 nitrogen and oxygen atoms in total. The fourth-order valence-corrected chi connectivity index (χ4v) is 14.1. The summed E-state index contributed by atoms with van der Waals surface area (Å²) in [5, 5.41) is 3.87. The normalized spacial score (nSPS) is 19.2. The monoisotopic (exact) mass is 907 g/mol. The summed E-state index contributed by atoms with van der Waals surface area (Å²) in [5.74, 6) is 2.76. The van der Waals surface area contributed by atoms with E-state index in [9.17, 15) is 0 Å². The SMILES string of the molecule is C#C/C=C\c1c(C=C)sc2cc(BC3=C(N(C)c4ccc5c(c4)C(C)(C)CCC5(C)C)c4cc5c(cc4C3(C)C)C(C)(C)CCC5(C)C)c(-c3cccc4c3[nH]c3ccc5c(c34)CCC=C5)cc12. The van der Waals surface area contributed by atoms with Crippen LogP contribution in [-0.2, 0) is 33.5 Å². The molecule has 342 valence electrons. The van der Waals surface area contributed by atoms with Crippen LogP contribution in [-0.4, -0.2) is 19.3 Å². The van der Waals surface area contributed by atoms with Crippen molar-refractivity contribution >= 4 is 85.6 Å². The van der Waals surface area contributed by atoms with Crippen LogP contribution in [0, 0.1) is 12.3 Å². The molecule has 5 aromatic carbocycles. The Kier molecular flexibility index (Phi) is 10.1. The number of benzene rings is 5. The van der Waals surface area contributed by atoms with Crippen molar-refractivity contribution < 1.29 is 0 Å². The van der Waals surface area contributed by atoms with Crippen molar-refractivity contribution in [3.05, 3.63) is 152 Å². The minimum absolute atomic E-state index is 0.0809. The summed E-state index contributed by atoms with van der Waals surface area (Å²) in [6, 6.07) is 29.2. The molecule has 4 aliphatic carbocycles. The molecule has 0 spiro atoms. The van der Waals surface area contributed by atoms with E-state index in [1.807, 2.05) is 23.5 Å². The van der Waals surface area contributed by atoms with Crippen LogP contribution in [0.3, 0.4) is 0 Å². The lowest BCUT2D eigenvalue weighted by Gasteiger charge is -2.43. The number of hydrogen-bond acceptors (Lipinski definition) is 2. The summed E-state index contributed by atoms with van der Waals surface area (Å²) >= 11 is 1.81. The number of rotatable bonds is 7. The van der Waals surface area contributed by atoms with Crippen LogP contribution >= 0.6 is 11.3 Å². The van der Waals surface area contributed by atoms with Gasteiger partial charge in [0.25, 0.3) is 0 Å². The topological polar surface area (TPSA) is 19.0 Å². The quantitative estimate of drug-likeness (QED) is 0.125. The van der Waals surface area contributed by atoms with Crippen LogP contribution in [0.4, 0.5) is 5.69 Å². The molecule has 4 aliphatic rings. The highest BCUT2D eigenvalue weighted by molar-refractivity contribution is 7.20. The Morgan fingerprint density at radius 2 is 1.43 bits per heavy atom. The maximum atomic E-state index is 5.86. The molecule has 0 atom stereocenters. The Bertz CT molecular complexity index is 3450. The molecule has 0 fully saturated rings. The number of aryl methyl sites for hydroxylation is 1. The third-order valence-corrected chi connectivity index (χ3v) is 18.7. The van der Waals surface area contributed by atoms with Crippen molar-refractivity contribution in [2.75, 3.05) is 11.9 Å². The fourth-order valence-electron chi connectivity index (χ4n) is 13.0. The first-order valence-electron chi connectivity index (χ1n) is 25.2. The van der Waals surface area contributed by atoms with E-state index in [1.54, 1.807) is 0 Å². The van der Waals surface area contributed by atoms with E-state index < -0.39 is 0 Å². The fraction of sp³-hybridized carbons (Fsp3) is 0.344. The van der Waals surface area contributed by atoms with E-state index in [0.717, 1.165) is 30.6 Å². The average molecular weight is 907 g/mol. The molecule has 0 bridgehead atoms. The predicted molar refractivity (Wildman–Crippen MR) is 301 cm³/mol. The number of fused-ring (bicyclic) bond motifs is 9. The van der Waals surface area contributed by atoms with Crippen LogP contribution in [0.5, 0.6) is 0 Å². The second-order valence-corrected chi connectivity index (χ2v) is 24.9. The zero-order chi connectivity index (χ0) is 47.9. The second-order valence-electron chi connectivity index (χ2n) is 23.8. The molecule has 0 aliphatic heterocycles. The van der Waals surface area contributed by atoms with Crippen molar-refractivity contribution in [3.8, 4) is 23.5 Å². The van der Waals surface area contributed by atoms with Crippen LogP contribution in [0.15, 0.2) is 97.0 Å². The number of thiophene rings is 1. The maximum absolute atomic E-state index is 5.86. The lowest BCUT2D eigenvalue weighted by Crippen LogP contribution is -2.35. The van der Waals surface area contributed by atoms with Crippen molar-refractivity contribution in [1.29, 1.82) is 0 Å². The Labute approximate surface area is 410 Å². The summed E-state index contributed by atoms with van der Waals surface area (Å²) in [4.78, 5) is 7.71. The minimum Gasteiger partial charge on any atom is -0.354 e. The first-order chi connectivity index (χ1) is 32.3. The number of H-pyrrole nitrogens is 1. The lowest BCUT2D eigenvalue weighted by atomic mass is 9.53. The summed E-state index contributed by atoms with van der Waals surface area (Å²) in [5.41, 5.74) is 23.3. The van der Waals surface area contributed by atoms with Gasteiger partial charge < -0.3 is 9.88 Å². The highest BCUT2D eigenvalue weighted by atomic mass is 32.1. The van der Waals surface area contributed by atoms with E-state index in [0.29, 0.717) is 0 Å². The molecule has 7 aromatic rings. The van der Waals surface area contributed by atoms with E-state index in [4.69, 9.17) is 6.42 Å². The molecule has 0 amide bonds. The van der Waals surface area contributed by atoms with Gasteiger partial charge >= 0.3 is 0 Å². The number of anilines is 1. The molecule has 0 saturated heterocycles. The standard InChI is InChI=1S/C64H67BN2S/c1-14-16-21-41-45-34-44(42-23-19-24-43-56-40-22-18-17-20-38(40)25-28-53(56)66-57(42)43)52(37-55(45)68-54(41)15-2)65-59-58(67(13)39-26-27-47-49(33-39)61(5,6)30-29-60(47,3)4)46-35-50-51(36-48(46)64(59,11)12)63(9,10)32-31-62(50,7)8/h1,15-17,19-21,23-28,33-37,65-66H,2,18,22,29-32H2,3-13H3/b21-16-. The highest BCUT2D eigenvalue weighted by Gasteiger charge is 2.45. The van der Waals surface area contributed by atoms with Gasteiger partial charge in [0.05, 0.1) is 5.52 Å². The number of allylic oxidation sites excluding steroid dienone is 3. The van der Waals surface area contributed by atoms with Crippen LogP contribution in [0.1, 0.15) is 156 Å². The van der Waals surface area contributed by atoms with Gasteiger partial charge in [0.2, 0.25) is 0 Å². The van der Waals surface area contributed by atoms with E-state index in [1.165, 1.54) is 136 Å². The van der Waals surface area contributed by atoms with E-state index in [-0.39, 0.29) is 27.1 Å². The highest BCUT2D eigenvalue weighted by Crippen LogP contribution is 2.55. The molecule has 4 heteroatoms. The van der Waals surface area contributed by atoms with Crippen molar-refractivity contribution in [1.82, 2.24) is 4.98 Å². The molecule has 0 unspecified atom stereocenters. The van der Waals surface area contributed by atoms with Crippen molar-refractivity contribution in [2.45, 2.75) is 135 Å². The molecule has 68 heavy (non-hydrogen) atoms. The number of aromatic amines is 1. The third-order valence-electron chi connectivity index (χ3n) is 17.5. The number of nitrogens with zero attached hydrogens (tertiary/aromatic N) is 1. The van der Waals surface area contributed by atoms with Gasteiger partial charge in [0, 0.05) is 71.8 Å². The third kappa shape index (κ3) is 6.73. The Hall–Kier alpha value is -5.76. The first kappa shape index (κ1) is 44.7. The number of nitrogens with one attached hydrogen (secondary N) is 1. The number of para-hydroxylation sites is 1. The van der Waals surface area contributed by atoms with Gasteiger partial charge in [-0.1, -0.05) is 147 Å². The number of terminal acetylenes is 1. The number of aromatic nitrogens is 1. The smallest absolute Gasteiger partial charge is 0.191 e. The molecule has 2 aromatic heterocycles. The van der Waals surface area contributed by atoms with E-state index >= 15 is 0 Å². The maximum Gasteiger partial charge on any atom is 0.191 e. The van der Waals surface area contributed by atoms with Gasteiger partial charge in [-0.2, -0.15) is 0 Å². The zero-order valence-corrected chi connectivity index (χ0v) is 43.2. The zero-order valence-electron chi connectivity index (χ0n) is 42.4. The van der Waals surface area contributed by atoms with Crippen LogP contribution in [0.2, 0.25) is 0 Å². The molecule has 2 heterocycles. The van der Waals surface area contributed by atoms with Gasteiger partial charge in [-0.3, -0.25) is 0 Å². The number of hydrogen-bond donors (Lipinski definition) is 1. The largest absolute Gasteiger partial charge is 0.354 e. The minimum atomic E-state index is -0.255. The van der Waals surface area contributed by atoms with Gasteiger partial charge in [-0.05, 0) is 153 Å². The molecule has 1 N–H and O–H groups in total. The predicted octanol–water partition coefficient (Wildman–Crippen LogP) is 16.0. The second kappa shape index (κ2) is 15.4. The summed E-state index contributed by atoms with van der Waals surface area (Å²) in [7, 11) is 3.14. The van der Waals surface area contributed by atoms with Gasteiger partial charge in [-0.15, -0.1) is 17.8 Å². The lowest BCUT2D eigenvalue weighted by molar-refractivity contribution is 0.331. The molecule has 0 radical (unpaired) electrons. The van der Waals surface area contributed by atoms with Gasteiger partial charge in [0.15, 0.2) is 7.28 Å². The Morgan fingerprint density at radius 3 is 2.13 bits per heavy atom. The molecule has 0 saturated carbocycles. The summed E-state index contributed by atoms with van der Waals surface area (Å²) < 4.78 is 1.25. The van der Waals surface area contributed by atoms with Crippen molar-refractivity contribution in [2.24, 2.45) is 0 Å². The Morgan fingerprint density at radius 1 is 0.735 bits per heavy atom. The van der Waals surface area contributed by atoms with Crippen molar-refractivity contribution in [3.63, 3.8) is 0 Å². The van der Waals surface area contributed by atoms with Crippen LogP contribution in [0.25, 0.3) is 66.9 Å². The van der Waals surface area contributed by atoms with E-state index in [2.05, 4.69) is 190 Å². The van der Waals surface area contributed by atoms with Gasteiger partial charge in [-0.25, -0.2) is 0 Å². The summed E-state index contributed by atoms with van der Waals surface area (Å²) in [6.45, 7) is 28.9. The molecular formula is C64H67BN2S. The molecule has 11 rings (SSSR count). The Balaban J connectivity index is 1.18. The molecular weight excluding hydrogens is 840 g/mol. The van der Waals surface area contributed by atoms with Gasteiger partial charge in [0.1, 0.15) is 0 Å². The van der Waals surface area contributed by atoms with Crippen LogP contribution < -0.4 is 10.4 Å². The average Bonchev–Trinajstić information content (AvgIpc) is 3.94. The first-order valence-corrected chi connectivity index (χ1v) is 26.0. The summed E-state index contributed by atoms with van der Waals surface area (Å²) in [6.07, 6.45) is 23.3.